The Kier molecular flexibility index (Phi) is 5.14. The summed E-state index contributed by atoms with van der Waals surface area (Å²) in [6.45, 7) is 4.16. The van der Waals surface area contributed by atoms with Crippen molar-refractivity contribution in [2.24, 2.45) is 5.92 Å². The number of hydrogen-bond acceptors (Lipinski definition) is 5. The first-order valence-electron chi connectivity index (χ1n) is 9.13. The summed E-state index contributed by atoms with van der Waals surface area (Å²) in [6.07, 6.45) is 3.25. The van der Waals surface area contributed by atoms with Crippen LogP contribution < -0.4 is 10.2 Å². The topological polar surface area (TPSA) is 93.0 Å². The molecular weight excluding hydrogens is 436 g/mol. The first-order chi connectivity index (χ1) is 13.9. The van der Waals surface area contributed by atoms with Gasteiger partial charge in [0.1, 0.15) is 0 Å². The molecule has 148 valence electrons. The van der Waals surface area contributed by atoms with E-state index in [1.165, 1.54) is 0 Å². The summed E-state index contributed by atoms with van der Waals surface area (Å²) in [5, 5.41) is 7.15. The maximum atomic E-state index is 12.6. The SMILES string of the molecule is Cc1cc(C)n(-c2ncc(NC(=O)C3CC(=O)N(c4cccc(Br)c4)C3)cn2)n1. The summed E-state index contributed by atoms with van der Waals surface area (Å²) in [6, 6.07) is 9.41. The molecule has 4 rings (SSSR count). The Bertz CT molecular complexity index is 1080. The molecule has 0 spiro atoms. The van der Waals surface area contributed by atoms with Gasteiger partial charge >= 0.3 is 0 Å². The molecule has 1 unspecified atom stereocenters. The number of amides is 2. The number of anilines is 2. The van der Waals surface area contributed by atoms with Gasteiger partial charge in [-0.3, -0.25) is 9.59 Å². The van der Waals surface area contributed by atoms with Gasteiger partial charge in [0.2, 0.25) is 11.8 Å². The molecule has 1 saturated heterocycles. The van der Waals surface area contributed by atoms with Gasteiger partial charge in [-0.2, -0.15) is 5.10 Å². The first kappa shape index (κ1) is 19.3. The lowest BCUT2D eigenvalue weighted by Gasteiger charge is -2.17. The average molecular weight is 455 g/mol. The van der Waals surface area contributed by atoms with Crippen LogP contribution in [0.3, 0.4) is 0 Å². The average Bonchev–Trinajstić information content (AvgIpc) is 3.24. The highest BCUT2D eigenvalue weighted by atomic mass is 79.9. The fraction of sp³-hybridized carbons (Fsp3) is 0.250. The molecule has 0 saturated carbocycles. The standard InChI is InChI=1S/C20H19BrN6O2/c1-12-6-13(2)27(25-12)20-22-9-16(10-23-20)24-19(29)14-7-18(28)26(11-14)17-5-3-4-15(21)8-17/h3-6,8-10,14H,7,11H2,1-2H3,(H,24,29). The number of aryl methyl sites for hydroxylation is 2. The van der Waals surface area contributed by atoms with Gasteiger partial charge in [-0.25, -0.2) is 14.6 Å². The molecule has 1 aromatic carbocycles. The molecule has 1 fully saturated rings. The number of nitrogens with zero attached hydrogens (tertiary/aromatic N) is 5. The molecular formula is C20H19BrN6O2. The van der Waals surface area contributed by atoms with Crippen molar-refractivity contribution in [3.05, 3.63) is 58.6 Å². The van der Waals surface area contributed by atoms with E-state index in [1.807, 2.05) is 44.2 Å². The lowest BCUT2D eigenvalue weighted by molar-refractivity contribution is -0.122. The Labute approximate surface area is 176 Å². The molecule has 1 aliphatic rings. The van der Waals surface area contributed by atoms with Crippen LogP contribution in [-0.4, -0.2) is 38.1 Å². The Morgan fingerprint density at radius 2 is 1.97 bits per heavy atom. The molecule has 9 heteroatoms. The van der Waals surface area contributed by atoms with Crippen LogP contribution >= 0.6 is 15.9 Å². The first-order valence-corrected chi connectivity index (χ1v) is 9.92. The second-order valence-corrected chi connectivity index (χ2v) is 7.90. The largest absolute Gasteiger partial charge is 0.323 e. The smallest absolute Gasteiger partial charge is 0.250 e. The predicted octanol–water partition coefficient (Wildman–Crippen LogP) is 3.03. The summed E-state index contributed by atoms with van der Waals surface area (Å²) in [5.41, 5.74) is 3.06. The molecule has 0 bridgehead atoms. The molecule has 3 heterocycles. The minimum atomic E-state index is -0.433. The van der Waals surface area contributed by atoms with Crippen molar-refractivity contribution in [2.45, 2.75) is 20.3 Å². The van der Waals surface area contributed by atoms with E-state index in [0.717, 1.165) is 21.5 Å². The van der Waals surface area contributed by atoms with Crippen LogP contribution in [0.25, 0.3) is 5.95 Å². The Hall–Kier alpha value is -3.07. The number of halogens is 1. The second kappa shape index (κ2) is 7.75. The molecule has 29 heavy (non-hydrogen) atoms. The van der Waals surface area contributed by atoms with Crippen molar-refractivity contribution >= 4 is 39.1 Å². The minimum Gasteiger partial charge on any atom is -0.323 e. The third-order valence-corrected chi connectivity index (χ3v) is 5.21. The molecule has 8 nitrogen and oxygen atoms in total. The predicted molar refractivity (Wildman–Crippen MR) is 112 cm³/mol. The zero-order valence-electron chi connectivity index (χ0n) is 16.0. The Balaban J connectivity index is 1.43. The quantitative estimate of drug-likeness (QED) is 0.653. The molecule has 1 aliphatic heterocycles. The Morgan fingerprint density at radius 3 is 2.62 bits per heavy atom. The van der Waals surface area contributed by atoms with Crippen molar-refractivity contribution in [1.82, 2.24) is 19.7 Å². The van der Waals surface area contributed by atoms with E-state index in [4.69, 9.17) is 0 Å². The minimum absolute atomic E-state index is 0.0700. The summed E-state index contributed by atoms with van der Waals surface area (Å²) in [7, 11) is 0. The molecule has 2 aromatic heterocycles. The second-order valence-electron chi connectivity index (χ2n) is 6.99. The van der Waals surface area contributed by atoms with Crippen LogP contribution in [0.5, 0.6) is 0 Å². The highest BCUT2D eigenvalue weighted by Gasteiger charge is 2.35. The summed E-state index contributed by atoms with van der Waals surface area (Å²) in [4.78, 5) is 35.2. The summed E-state index contributed by atoms with van der Waals surface area (Å²) < 4.78 is 2.53. The van der Waals surface area contributed by atoms with Crippen LogP contribution in [0, 0.1) is 19.8 Å². The fourth-order valence-electron chi connectivity index (χ4n) is 3.35. The zero-order chi connectivity index (χ0) is 20.5. The molecule has 3 aromatic rings. The van der Waals surface area contributed by atoms with Gasteiger partial charge in [-0.05, 0) is 38.1 Å². The van der Waals surface area contributed by atoms with Crippen LogP contribution in [-0.2, 0) is 9.59 Å². The van der Waals surface area contributed by atoms with Gasteiger partial charge in [-0.15, -0.1) is 0 Å². The molecule has 1 N–H and O–H groups in total. The number of nitrogens with one attached hydrogen (secondary N) is 1. The number of benzene rings is 1. The summed E-state index contributed by atoms with van der Waals surface area (Å²) in [5.74, 6) is -0.291. The normalized spacial score (nSPS) is 16.3. The fourth-order valence-corrected chi connectivity index (χ4v) is 3.73. The van der Waals surface area contributed by atoms with E-state index in [1.54, 1.807) is 22.0 Å². The van der Waals surface area contributed by atoms with Gasteiger partial charge in [0.05, 0.1) is 29.7 Å². The van der Waals surface area contributed by atoms with E-state index in [2.05, 4.69) is 36.3 Å². The highest BCUT2D eigenvalue weighted by molar-refractivity contribution is 9.10. The van der Waals surface area contributed by atoms with Crippen molar-refractivity contribution in [3.63, 3.8) is 0 Å². The number of aromatic nitrogens is 4. The van der Waals surface area contributed by atoms with Gasteiger partial charge in [-0.1, -0.05) is 22.0 Å². The van der Waals surface area contributed by atoms with Crippen molar-refractivity contribution in [1.29, 1.82) is 0 Å². The van der Waals surface area contributed by atoms with Crippen LogP contribution in [0.1, 0.15) is 17.8 Å². The van der Waals surface area contributed by atoms with Crippen molar-refractivity contribution in [2.75, 3.05) is 16.8 Å². The van der Waals surface area contributed by atoms with Crippen LogP contribution in [0.4, 0.5) is 11.4 Å². The maximum Gasteiger partial charge on any atom is 0.250 e. The van der Waals surface area contributed by atoms with Crippen molar-refractivity contribution < 1.29 is 9.59 Å². The van der Waals surface area contributed by atoms with Gasteiger partial charge in [0, 0.05) is 28.8 Å². The molecule has 2 amide bonds. The van der Waals surface area contributed by atoms with E-state index < -0.39 is 5.92 Å². The number of hydrogen-bond donors (Lipinski definition) is 1. The summed E-state index contributed by atoms with van der Waals surface area (Å²) >= 11 is 3.41. The van der Waals surface area contributed by atoms with Crippen molar-refractivity contribution in [3.8, 4) is 5.95 Å². The van der Waals surface area contributed by atoms with Gasteiger partial charge in [0.15, 0.2) is 0 Å². The molecule has 1 atom stereocenters. The van der Waals surface area contributed by atoms with Crippen LogP contribution in [0.2, 0.25) is 0 Å². The lowest BCUT2D eigenvalue weighted by Crippen LogP contribution is -2.28. The third-order valence-electron chi connectivity index (χ3n) is 4.72. The van der Waals surface area contributed by atoms with E-state index in [-0.39, 0.29) is 18.2 Å². The van der Waals surface area contributed by atoms with E-state index in [0.29, 0.717) is 18.2 Å². The number of rotatable bonds is 4. The maximum absolute atomic E-state index is 12.6. The highest BCUT2D eigenvalue weighted by Crippen LogP contribution is 2.28. The monoisotopic (exact) mass is 454 g/mol. The zero-order valence-corrected chi connectivity index (χ0v) is 17.5. The van der Waals surface area contributed by atoms with E-state index in [9.17, 15) is 9.59 Å². The van der Waals surface area contributed by atoms with E-state index >= 15 is 0 Å². The number of carbonyl (C=O) groups excluding carboxylic acids is 2. The van der Waals surface area contributed by atoms with Gasteiger partial charge < -0.3 is 10.2 Å². The van der Waals surface area contributed by atoms with Crippen LogP contribution in [0.15, 0.2) is 47.2 Å². The third kappa shape index (κ3) is 4.04. The molecule has 0 radical (unpaired) electrons. The Morgan fingerprint density at radius 1 is 1.21 bits per heavy atom. The lowest BCUT2D eigenvalue weighted by atomic mass is 10.1. The van der Waals surface area contributed by atoms with Gasteiger partial charge in [0.25, 0.3) is 5.95 Å². The molecule has 0 aliphatic carbocycles. The number of carbonyl (C=O) groups is 2.